The first kappa shape index (κ1) is 20.0. The van der Waals surface area contributed by atoms with Gasteiger partial charge in [-0.05, 0) is 51.0 Å². The second-order valence-electron chi connectivity index (χ2n) is 7.88. The third-order valence-corrected chi connectivity index (χ3v) is 5.35. The number of hydrogen-bond donors (Lipinski definition) is 1. The van der Waals surface area contributed by atoms with Gasteiger partial charge in [0.15, 0.2) is 0 Å². The van der Waals surface area contributed by atoms with Crippen LogP contribution in [0, 0.1) is 5.41 Å². The molecule has 1 aromatic carbocycles. The molecule has 0 bridgehead atoms. The van der Waals surface area contributed by atoms with E-state index >= 15 is 0 Å². The van der Waals surface area contributed by atoms with Crippen LogP contribution in [0.3, 0.4) is 0 Å². The predicted octanol–water partition coefficient (Wildman–Crippen LogP) is 2.90. The molecule has 2 aliphatic rings. The molecular weight excluding hydrogens is 360 g/mol. The van der Waals surface area contributed by atoms with Crippen LogP contribution in [0.25, 0.3) is 0 Å². The lowest BCUT2D eigenvalue weighted by atomic mass is 9.73. The Morgan fingerprint density at radius 1 is 1.11 bits per heavy atom. The number of carbonyl (C=O) groups is 4. The van der Waals surface area contributed by atoms with Gasteiger partial charge in [-0.25, -0.2) is 4.79 Å². The SMILES string of the molecule is CC(C)OC(=O)c1ccc(NC(=O)CN2C(=O)CC3(CCCCC3)C2=O)cc1. The van der Waals surface area contributed by atoms with Crippen LogP contribution in [-0.2, 0) is 19.1 Å². The molecule has 0 unspecified atom stereocenters. The Morgan fingerprint density at radius 3 is 2.36 bits per heavy atom. The third-order valence-electron chi connectivity index (χ3n) is 5.35. The van der Waals surface area contributed by atoms with Crippen molar-refractivity contribution >= 4 is 29.4 Å². The lowest BCUT2D eigenvalue weighted by Gasteiger charge is -2.30. The Labute approximate surface area is 164 Å². The number of carbonyl (C=O) groups excluding carboxylic acids is 4. The predicted molar refractivity (Wildman–Crippen MR) is 102 cm³/mol. The van der Waals surface area contributed by atoms with Crippen LogP contribution >= 0.6 is 0 Å². The molecule has 0 radical (unpaired) electrons. The van der Waals surface area contributed by atoms with E-state index < -0.39 is 17.3 Å². The van der Waals surface area contributed by atoms with Crippen molar-refractivity contribution in [2.45, 2.75) is 58.5 Å². The number of likely N-dealkylation sites (tertiary alicyclic amines) is 1. The molecular formula is C21H26N2O5. The van der Waals surface area contributed by atoms with E-state index in [4.69, 9.17) is 4.74 Å². The zero-order chi connectivity index (χ0) is 20.3. The highest BCUT2D eigenvalue weighted by atomic mass is 16.5. The Bertz CT molecular complexity index is 778. The summed E-state index contributed by atoms with van der Waals surface area (Å²) in [6, 6.07) is 6.29. The Hall–Kier alpha value is -2.70. The molecule has 1 spiro atoms. The molecule has 28 heavy (non-hydrogen) atoms. The summed E-state index contributed by atoms with van der Waals surface area (Å²) in [5.74, 6) is -1.35. The summed E-state index contributed by atoms with van der Waals surface area (Å²) < 4.78 is 5.12. The Kier molecular flexibility index (Phi) is 5.82. The molecule has 7 heteroatoms. The average molecular weight is 386 g/mol. The minimum Gasteiger partial charge on any atom is -0.459 e. The number of esters is 1. The van der Waals surface area contributed by atoms with E-state index in [1.54, 1.807) is 38.1 Å². The Morgan fingerprint density at radius 2 is 1.75 bits per heavy atom. The Balaban J connectivity index is 1.59. The largest absolute Gasteiger partial charge is 0.459 e. The van der Waals surface area contributed by atoms with Crippen molar-refractivity contribution in [3.63, 3.8) is 0 Å². The minimum absolute atomic E-state index is 0.209. The quantitative estimate of drug-likeness (QED) is 0.620. The average Bonchev–Trinajstić information content (AvgIpc) is 2.86. The van der Waals surface area contributed by atoms with Crippen LogP contribution in [0.2, 0.25) is 0 Å². The summed E-state index contributed by atoms with van der Waals surface area (Å²) in [7, 11) is 0. The highest BCUT2D eigenvalue weighted by molar-refractivity contribution is 6.09. The van der Waals surface area contributed by atoms with Gasteiger partial charge in [-0.2, -0.15) is 0 Å². The van der Waals surface area contributed by atoms with Crippen LogP contribution in [0.15, 0.2) is 24.3 Å². The topological polar surface area (TPSA) is 92.8 Å². The van der Waals surface area contributed by atoms with Crippen LogP contribution in [0.4, 0.5) is 5.69 Å². The van der Waals surface area contributed by atoms with Crippen molar-refractivity contribution in [3.8, 4) is 0 Å². The number of ether oxygens (including phenoxy) is 1. The van der Waals surface area contributed by atoms with Crippen LogP contribution in [0.1, 0.15) is 62.7 Å². The van der Waals surface area contributed by atoms with Crippen molar-refractivity contribution in [1.29, 1.82) is 0 Å². The van der Waals surface area contributed by atoms with Gasteiger partial charge >= 0.3 is 5.97 Å². The summed E-state index contributed by atoms with van der Waals surface area (Å²) in [5.41, 5.74) is 0.280. The second kappa shape index (κ2) is 8.12. The van der Waals surface area contributed by atoms with Gasteiger partial charge < -0.3 is 10.1 Å². The first-order valence-electron chi connectivity index (χ1n) is 9.76. The number of amides is 3. The fourth-order valence-corrected chi connectivity index (χ4v) is 3.96. The molecule has 1 heterocycles. The molecule has 1 saturated heterocycles. The van der Waals surface area contributed by atoms with Gasteiger partial charge in [-0.15, -0.1) is 0 Å². The normalized spacial score (nSPS) is 18.6. The number of hydrogen-bond acceptors (Lipinski definition) is 5. The summed E-state index contributed by atoms with van der Waals surface area (Å²) in [6.07, 6.45) is 4.44. The molecule has 1 aromatic rings. The summed E-state index contributed by atoms with van der Waals surface area (Å²) in [4.78, 5) is 50.4. The molecule has 7 nitrogen and oxygen atoms in total. The highest BCUT2D eigenvalue weighted by Gasteiger charge is 2.51. The van der Waals surface area contributed by atoms with E-state index in [0.717, 1.165) is 37.0 Å². The zero-order valence-corrected chi connectivity index (χ0v) is 16.3. The van der Waals surface area contributed by atoms with Crippen molar-refractivity contribution in [2.24, 2.45) is 5.41 Å². The van der Waals surface area contributed by atoms with Crippen molar-refractivity contribution in [1.82, 2.24) is 4.90 Å². The molecule has 150 valence electrons. The number of nitrogens with one attached hydrogen (secondary N) is 1. The second-order valence-corrected chi connectivity index (χ2v) is 7.88. The number of nitrogens with zero attached hydrogens (tertiary/aromatic N) is 1. The van der Waals surface area contributed by atoms with Gasteiger partial charge in [-0.3, -0.25) is 19.3 Å². The standard InChI is InChI=1S/C21H26N2O5/c1-14(2)28-19(26)15-6-8-16(9-7-15)22-17(24)13-23-18(25)12-21(20(23)27)10-4-3-5-11-21/h6-9,14H,3-5,10-13H2,1-2H3,(H,22,24). The molecule has 0 atom stereocenters. The maximum Gasteiger partial charge on any atom is 0.338 e. The van der Waals surface area contributed by atoms with E-state index in [0.29, 0.717) is 11.3 Å². The number of benzene rings is 1. The smallest absolute Gasteiger partial charge is 0.338 e. The summed E-state index contributed by atoms with van der Waals surface area (Å²) >= 11 is 0. The van der Waals surface area contributed by atoms with Gasteiger partial charge in [0.25, 0.3) is 0 Å². The fourth-order valence-electron chi connectivity index (χ4n) is 3.96. The molecule has 1 saturated carbocycles. The maximum absolute atomic E-state index is 12.8. The lowest BCUT2D eigenvalue weighted by Crippen LogP contribution is -2.41. The molecule has 1 aliphatic carbocycles. The number of imide groups is 1. The van der Waals surface area contributed by atoms with Crippen LogP contribution in [-0.4, -0.2) is 41.2 Å². The third kappa shape index (κ3) is 4.24. The van der Waals surface area contributed by atoms with Crippen LogP contribution in [0.5, 0.6) is 0 Å². The van der Waals surface area contributed by atoms with Crippen LogP contribution < -0.4 is 5.32 Å². The minimum atomic E-state index is -0.589. The van der Waals surface area contributed by atoms with Gasteiger partial charge in [-0.1, -0.05) is 19.3 Å². The molecule has 3 amide bonds. The molecule has 2 fully saturated rings. The van der Waals surface area contributed by atoms with E-state index in [1.165, 1.54) is 0 Å². The van der Waals surface area contributed by atoms with Gasteiger partial charge in [0.1, 0.15) is 6.54 Å². The van der Waals surface area contributed by atoms with E-state index in [2.05, 4.69) is 5.32 Å². The number of rotatable bonds is 5. The monoisotopic (exact) mass is 386 g/mol. The fraction of sp³-hybridized carbons (Fsp3) is 0.524. The van der Waals surface area contributed by atoms with E-state index in [-0.39, 0.29) is 30.9 Å². The molecule has 3 rings (SSSR count). The summed E-state index contributed by atoms with van der Waals surface area (Å²) in [5, 5.41) is 2.67. The van der Waals surface area contributed by atoms with Gasteiger partial charge in [0.2, 0.25) is 17.7 Å². The van der Waals surface area contributed by atoms with E-state index in [9.17, 15) is 19.2 Å². The highest BCUT2D eigenvalue weighted by Crippen LogP contribution is 2.45. The first-order chi connectivity index (χ1) is 13.3. The van der Waals surface area contributed by atoms with Crippen molar-refractivity contribution in [2.75, 3.05) is 11.9 Å². The van der Waals surface area contributed by atoms with Crippen molar-refractivity contribution < 1.29 is 23.9 Å². The molecule has 1 N–H and O–H groups in total. The molecule has 0 aromatic heterocycles. The van der Waals surface area contributed by atoms with Gasteiger partial charge in [0.05, 0.1) is 17.1 Å². The van der Waals surface area contributed by atoms with E-state index in [1.807, 2.05) is 0 Å². The first-order valence-corrected chi connectivity index (χ1v) is 9.76. The zero-order valence-electron chi connectivity index (χ0n) is 16.3. The molecule has 1 aliphatic heterocycles. The summed E-state index contributed by atoms with van der Waals surface area (Å²) in [6.45, 7) is 3.26. The number of anilines is 1. The lowest BCUT2D eigenvalue weighted by molar-refractivity contribution is -0.144. The van der Waals surface area contributed by atoms with Gasteiger partial charge in [0, 0.05) is 12.1 Å². The maximum atomic E-state index is 12.8. The van der Waals surface area contributed by atoms with Crippen molar-refractivity contribution in [3.05, 3.63) is 29.8 Å².